The van der Waals surface area contributed by atoms with Crippen molar-refractivity contribution in [3.63, 3.8) is 0 Å². The molecule has 0 aliphatic carbocycles. The van der Waals surface area contributed by atoms with Crippen LogP contribution in [0.15, 0.2) is 12.1 Å². The zero-order chi connectivity index (χ0) is 11.3. The van der Waals surface area contributed by atoms with Crippen molar-refractivity contribution in [1.82, 2.24) is 0 Å². The molecule has 0 aromatic heterocycles. The Hall–Kier alpha value is -1.23. The molecule has 14 heavy (non-hydrogen) atoms. The molecule has 0 spiro atoms. The average molecular weight is 394 g/mol. The molecule has 0 aliphatic rings. The summed E-state index contributed by atoms with van der Waals surface area (Å²) in [5.74, 6) is -3.83. The van der Waals surface area contributed by atoms with Gasteiger partial charge in [-0.1, -0.05) is 0 Å². The van der Waals surface area contributed by atoms with Crippen LogP contribution in [-0.4, -0.2) is 46.0 Å². The number of aromatic hydroxyl groups is 2. The van der Waals surface area contributed by atoms with Crippen LogP contribution in [0, 0.1) is 0 Å². The van der Waals surface area contributed by atoms with Gasteiger partial charge in [0.15, 0.2) is 0 Å². The first-order chi connectivity index (χ1) is 6.52. The van der Waals surface area contributed by atoms with Gasteiger partial charge < -0.3 is 20.4 Å². The summed E-state index contributed by atoms with van der Waals surface area (Å²) in [6.07, 6.45) is 0. The molecule has 1 aromatic rings. The van der Waals surface area contributed by atoms with E-state index in [0.717, 1.165) is 12.1 Å². The molecule has 0 aliphatic heterocycles. The Morgan fingerprint density at radius 3 is 1.86 bits per heavy atom. The third-order valence-electron chi connectivity index (χ3n) is 1.30. The van der Waals surface area contributed by atoms with E-state index in [1.165, 1.54) is 0 Å². The fourth-order valence-electron chi connectivity index (χ4n) is 0.722. The molecule has 0 saturated heterocycles. The van der Waals surface area contributed by atoms with E-state index in [-0.39, 0.29) is 30.3 Å². The van der Waals surface area contributed by atoms with Crippen LogP contribution in [0.4, 0.5) is 0 Å². The molecule has 1 aromatic carbocycles. The van der Waals surface area contributed by atoms with Crippen molar-refractivity contribution < 1.29 is 28.0 Å². The Labute approximate surface area is 93.7 Å². The summed E-state index contributed by atoms with van der Waals surface area (Å²) in [7, 11) is 0. The van der Waals surface area contributed by atoms with Crippen LogP contribution in [-0.2, 0) is 2.81 Å². The molecule has 6 nitrogen and oxygen atoms in total. The predicted molar refractivity (Wildman–Crippen MR) is 42.6 cm³/mol. The van der Waals surface area contributed by atoms with Crippen molar-refractivity contribution in [2.45, 2.75) is 0 Å². The van der Waals surface area contributed by atoms with Gasteiger partial charge in [-0.3, -0.25) is 0 Å². The summed E-state index contributed by atoms with van der Waals surface area (Å²) in [4.78, 5) is 10.3. The van der Waals surface area contributed by atoms with Gasteiger partial charge in [-0.15, -0.1) is 0 Å². The van der Waals surface area contributed by atoms with E-state index >= 15 is 0 Å². The predicted octanol–water partition coefficient (Wildman–Crippen LogP) is -0.630. The fourth-order valence-corrected chi connectivity index (χ4v) is 0.722. The van der Waals surface area contributed by atoms with Gasteiger partial charge in [0.1, 0.15) is 11.5 Å². The number of carboxylic acids is 1. The van der Waals surface area contributed by atoms with E-state index in [0.29, 0.717) is 0 Å². The number of hydrogen-bond acceptors (Lipinski definition) is 5. The number of benzene rings is 1. The van der Waals surface area contributed by atoms with Crippen LogP contribution < -0.4 is 5.11 Å². The molecular formula is C7H5BiO6. The molecule has 74 valence electrons. The summed E-state index contributed by atoms with van der Waals surface area (Å²) >= 11 is 0.194. The molecule has 2 radical (unpaired) electrons. The van der Waals surface area contributed by atoms with Crippen molar-refractivity contribution in [1.29, 1.82) is 0 Å². The summed E-state index contributed by atoms with van der Waals surface area (Å²) in [6.45, 7) is 0. The zero-order valence-electron chi connectivity index (χ0n) is 6.67. The van der Waals surface area contributed by atoms with E-state index in [9.17, 15) is 9.90 Å². The van der Waals surface area contributed by atoms with Gasteiger partial charge in [-0.2, -0.15) is 0 Å². The van der Waals surface area contributed by atoms with Crippen molar-refractivity contribution in [3.8, 4) is 17.2 Å². The molecule has 0 atom stereocenters. The van der Waals surface area contributed by atoms with Gasteiger partial charge in [-0.05, 0) is 17.9 Å². The molecule has 0 bridgehead atoms. The van der Waals surface area contributed by atoms with E-state index in [1.807, 2.05) is 0 Å². The molecule has 1 rings (SSSR count). The monoisotopic (exact) mass is 394 g/mol. The fraction of sp³-hybridized carbons (Fsp3) is 0. The Morgan fingerprint density at radius 2 is 1.57 bits per heavy atom. The maximum atomic E-state index is 10.7. The Morgan fingerprint density at radius 1 is 1.21 bits per heavy atom. The minimum atomic E-state index is -1.32. The van der Waals surface area contributed by atoms with Crippen LogP contribution in [0.25, 0.3) is 0 Å². The van der Waals surface area contributed by atoms with E-state index in [2.05, 4.69) is 0 Å². The third-order valence-corrected chi connectivity index (χ3v) is 1.30. The zero-order valence-corrected chi connectivity index (χ0v) is 10.1. The van der Waals surface area contributed by atoms with Crippen LogP contribution in [0.3, 0.4) is 0 Å². The first-order valence-corrected chi connectivity index (χ1v) is 4.59. The summed E-state index contributed by atoms with van der Waals surface area (Å²) in [6, 6.07) is 1.56. The molecular weight excluding hydrogens is 389 g/mol. The second-order valence-corrected chi connectivity index (χ2v) is 2.15. The molecule has 0 saturated carbocycles. The minimum absolute atomic E-state index is 0.194. The van der Waals surface area contributed by atoms with Crippen LogP contribution in [0.1, 0.15) is 10.4 Å². The second kappa shape index (κ2) is 5.49. The maximum absolute atomic E-state index is 10.7. The number of carboxylic acid groups (broad SMARTS) is 1. The number of phenolic OH excluding ortho intramolecular Hbond substituents is 2. The van der Waals surface area contributed by atoms with Crippen molar-refractivity contribution >= 4 is 30.7 Å². The number of hydrogen-bond donors (Lipinski definition) is 3. The van der Waals surface area contributed by atoms with Gasteiger partial charge in [0.2, 0.25) is 0 Å². The number of rotatable bonds is 1. The molecule has 0 fully saturated rings. The van der Waals surface area contributed by atoms with Gasteiger partial charge in [-0.25, -0.2) is 4.79 Å². The van der Waals surface area contributed by atoms with Crippen molar-refractivity contribution in [2.24, 2.45) is 0 Å². The molecule has 0 heterocycles. The van der Waals surface area contributed by atoms with Crippen molar-refractivity contribution in [2.75, 3.05) is 0 Å². The number of aromatic carboxylic acids is 1. The number of phenols is 2. The summed E-state index contributed by atoms with van der Waals surface area (Å²) in [5, 5.41) is 36.6. The topological polar surface area (TPSA) is 118 Å². The Balaban J connectivity index is 0.000000791. The Kier molecular flexibility index (Phi) is 5.01. The van der Waals surface area contributed by atoms with E-state index in [1.54, 1.807) is 0 Å². The van der Waals surface area contributed by atoms with Gasteiger partial charge >= 0.3 is 33.5 Å². The summed E-state index contributed by atoms with van der Waals surface area (Å²) in [5.41, 5.74) is -0.329. The third kappa shape index (κ3) is 2.92. The normalized spacial score (nSPS) is 8.57. The molecule has 0 unspecified atom stereocenters. The van der Waals surface area contributed by atoms with Gasteiger partial charge in [0, 0.05) is 0 Å². The molecule has 7 heteroatoms. The van der Waals surface area contributed by atoms with Crippen LogP contribution >= 0.6 is 0 Å². The average Bonchev–Trinajstić information content (AvgIpc) is 2.16. The first-order valence-electron chi connectivity index (χ1n) is 3.17. The van der Waals surface area contributed by atoms with Crippen LogP contribution in [0.2, 0.25) is 0 Å². The van der Waals surface area contributed by atoms with Gasteiger partial charge in [0.25, 0.3) is 0 Å². The SMILES string of the molecule is O=C(O)c1cc(O)c([O-])c(O)c1.[O]=[Bi+]. The Bertz CT molecular complexity index is 327. The standard InChI is InChI=1S/C7H6O5.Bi.O/c8-4-1-3(7(11)12)2-5(9)6(4)10;;/h1-2,8-10H,(H,11,12);;/q;+1;/p-1. The van der Waals surface area contributed by atoms with Crippen LogP contribution in [0.5, 0.6) is 17.2 Å². The van der Waals surface area contributed by atoms with E-state index in [4.69, 9.17) is 18.1 Å². The van der Waals surface area contributed by atoms with Gasteiger partial charge in [0.05, 0.1) is 5.56 Å². The first kappa shape index (κ1) is 12.8. The van der Waals surface area contributed by atoms with E-state index < -0.39 is 23.2 Å². The molecule has 0 amide bonds. The summed E-state index contributed by atoms with van der Waals surface area (Å²) < 4.78 is 8.36. The van der Waals surface area contributed by atoms with Crippen molar-refractivity contribution in [3.05, 3.63) is 17.7 Å². The second-order valence-electron chi connectivity index (χ2n) is 2.15. The quantitative estimate of drug-likeness (QED) is 0.546. The molecule has 3 N–H and O–H groups in total. The number of carbonyl (C=O) groups is 1.